The van der Waals surface area contributed by atoms with Crippen molar-refractivity contribution in [2.45, 2.75) is 32.0 Å². The molecule has 2 heterocycles. The molecule has 0 amide bonds. The van der Waals surface area contributed by atoms with Crippen molar-refractivity contribution in [3.63, 3.8) is 0 Å². The van der Waals surface area contributed by atoms with Crippen molar-refractivity contribution in [2.75, 3.05) is 26.2 Å². The van der Waals surface area contributed by atoms with Gasteiger partial charge in [-0.1, -0.05) is 42.8 Å². The zero-order valence-electron chi connectivity index (χ0n) is 20.9. The van der Waals surface area contributed by atoms with Crippen LogP contribution in [-0.4, -0.2) is 36.2 Å². The summed E-state index contributed by atoms with van der Waals surface area (Å²) in [6.45, 7) is 3.76. The molecular formula is C31H28F3NO3. The summed E-state index contributed by atoms with van der Waals surface area (Å²) in [5.41, 5.74) is 1.05. The maximum absolute atomic E-state index is 15.3. The second-order valence-corrected chi connectivity index (χ2v) is 9.92. The number of likely N-dealkylation sites (tertiary alicyclic amines) is 1. The van der Waals surface area contributed by atoms with Crippen LogP contribution in [0.4, 0.5) is 13.2 Å². The van der Waals surface area contributed by atoms with Crippen LogP contribution >= 0.6 is 0 Å². The Labute approximate surface area is 218 Å². The molecule has 196 valence electrons. The van der Waals surface area contributed by atoms with Crippen molar-refractivity contribution in [3.05, 3.63) is 98.0 Å². The lowest BCUT2D eigenvalue weighted by Gasteiger charge is -2.26. The molecule has 7 heteroatoms. The Balaban J connectivity index is 1.32. The van der Waals surface area contributed by atoms with Crippen molar-refractivity contribution in [1.82, 2.24) is 4.90 Å². The van der Waals surface area contributed by atoms with Gasteiger partial charge in [0.2, 0.25) is 0 Å². The maximum atomic E-state index is 15.3. The second kappa shape index (κ2) is 10.3. The summed E-state index contributed by atoms with van der Waals surface area (Å²) < 4.78 is 56.9. The molecule has 4 nitrogen and oxygen atoms in total. The number of rotatable bonds is 5. The van der Waals surface area contributed by atoms with Crippen LogP contribution in [0.25, 0.3) is 17.7 Å². The number of hydrogen-bond acceptors (Lipinski definition) is 4. The highest BCUT2D eigenvalue weighted by atomic mass is 19.2. The highest BCUT2D eigenvalue weighted by Gasteiger charge is 2.27. The minimum Gasteiger partial charge on any atom is -0.507 e. The zero-order valence-corrected chi connectivity index (χ0v) is 20.9. The Kier molecular flexibility index (Phi) is 6.72. The van der Waals surface area contributed by atoms with E-state index in [-0.39, 0.29) is 33.6 Å². The lowest BCUT2D eigenvalue weighted by molar-refractivity contribution is 0.0756. The van der Waals surface area contributed by atoms with Crippen LogP contribution in [0.1, 0.15) is 42.1 Å². The fourth-order valence-electron chi connectivity index (χ4n) is 5.57. The lowest BCUT2D eigenvalue weighted by Crippen LogP contribution is -2.33. The van der Waals surface area contributed by atoms with E-state index >= 15 is 4.39 Å². The molecule has 0 spiro atoms. The smallest absolute Gasteiger partial charge is 0.195 e. The predicted molar refractivity (Wildman–Crippen MR) is 139 cm³/mol. The number of fused-ring (bicyclic) bond motifs is 4. The molecule has 3 aliphatic rings. The van der Waals surface area contributed by atoms with Gasteiger partial charge in [0.1, 0.15) is 24.2 Å². The molecule has 1 aliphatic carbocycles. The van der Waals surface area contributed by atoms with E-state index in [0.29, 0.717) is 17.4 Å². The quantitative estimate of drug-likeness (QED) is 0.497. The fraction of sp³-hybridized carbons (Fsp3) is 0.290. The Morgan fingerprint density at radius 2 is 1.63 bits per heavy atom. The number of phenolic OH excluding ortho intramolecular Hbond substituents is 1. The minimum absolute atomic E-state index is 0.0301. The van der Waals surface area contributed by atoms with Gasteiger partial charge in [-0.05, 0) is 71.8 Å². The van der Waals surface area contributed by atoms with Gasteiger partial charge < -0.3 is 14.6 Å². The van der Waals surface area contributed by atoms with Gasteiger partial charge in [0.15, 0.2) is 17.5 Å². The number of benzene rings is 3. The number of hydrogen-bond donors (Lipinski definition) is 1. The van der Waals surface area contributed by atoms with Crippen molar-refractivity contribution in [2.24, 2.45) is 0 Å². The van der Waals surface area contributed by atoms with E-state index in [0.717, 1.165) is 30.9 Å². The van der Waals surface area contributed by atoms with Crippen molar-refractivity contribution in [1.29, 1.82) is 0 Å². The average Bonchev–Trinajstić information content (AvgIpc) is 3.03. The Morgan fingerprint density at radius 1 is 0.895 bits per heavy atom. The molecule has 2 aliphatic heterocycles. The van der Waals surface area contributed by atoms with Crippen LogP contribution in [0.15, 0.2) is 60.4 Å². The van der Waals surface area contributed by atoms with E-state index < -0.39 is 23.6 Å². The van der Waals surface area contributed by atoms with Crippen LogP contribution < -0.4 is 15.2 Å². The summed E-state index contributed by atoms with van der Waals surface area (Å²) in [5.74, 6) is -3.70. The molecule has 1 fully saturated rings. The molecule has 6 rings (SSSR count). The number of allylic oxidation sites excluding steroid dienone is 1. The first-order chi connectivity index (χ1) is 18.5. The zero-order chi connectivity index (χ0) is 26.2. The lowest BCUT2D eigenvalue weighted by atomic mass is 9.95. The molecule has 0 saturated carbocycles. The number of aromatic hydroxyl groups is 1. The molecule has 1 saturated heterocycles. The van der Waals surface area contributed by atoms with Gasteiger partial charge in [-0.25, -0.2) is 13.2 Å². The third kappa shape index (κ3) is 4.50. The van der Waals surface area contributed by atoms with Crippen LogP contribution in [-0.2, 0) is 11.3 Å². The van der Waals surface area contributed by atoms with E-state index in [2.05, 4.69) is 4.90 Å². The number of phenols is 1. The Morgan fingerprint density at radius 3 is 2.39 bits per heavy atom. The highest BCUT2D eigenvalue weighted by molar-refractivity contribution is 5.77. The molecule has 1 atom stereocenters. The van der Waals surface area contributed by atoms with E-state index in [1.807, 2.05) is 24.3 Å². The maximum Gasteiger partial charge on any atom is 0.195 e. The number of nitrogens with zero attached hydrogens (tertiary/aromatic N) is 1. The van der Waals surface area contributed by atoms with E-state index in [9.17, 15) is 13.9 Å². The number of piperidine rings is 1. The third-order valence-corrected chi connectivity index (χ3v) is 7.56. The van der Waals surface area contributed by atoms with Crippen LogP contribution in [0, 0.1) is 10.4 Å². The normalized spacial score (nSPS) is 19.2. The highest BCUT2D eigenvalue weighted by Crippen LogP contribution is 2.36. The monoisotopic (exact) mass is 519 g/mol. The van der Waals surface area contributed by atoms with Crippen molar-refractivity contribution in [3.8, 4) is 11.5 Å². The van der Waals surface area contributed by atoms with E-state index in [1.165, 1.54) is 43.5 Å². The first-order valence-corrected chi connectivity index (χ1v) is 13.0. The second-order valence-electron chi connectivity index (χ2n) is 9.92. The standard InChI is InChI=1S/C31H28F3NO3/c32-29-23-7-3-2-6-22(23)27-25(36)16-20-17-26(38-18-24(20)28(27)30(33)31(29)34)19-8-10-21(11-9-19)37-15-14-35-12-4-1-5-13-35/h2-3,6-11,16-17,26,36H,1,4-5,12-15,18H2. The van der Waals surface area contributed by atoms with Crippen LogP contribution in [0.3, 0.4) is 0 Å². The molecule has 0 bridgehead atoms. The molecule has 0 radical (unpaired) electrons. The van der Waals surface area contributed by atoms with Gasteiger partial charge in [0.05, 0.1) is 6.61 Å². The van der Waals surface area contributed by atoms with Gasteiger partial charge in [-0.2, -0.15) is 0 Å². The SMILES string of the molecule is Oc1cc2c(c3c1=c1ccccc1=C(F)C(F)=C3F)COC(c1ccc(OCCN3CCCCC3)cc1)C=2. The summed E-state index contributed by atoms with van der Waals surface area (Å²) in [7, 11) is 0. The molecule has 3 aromatic carbocycles. The first-order valence-electron chi connectivity index (χ1n) is 13.0. The van der Waals surface area contributed by atoms with Crippen molar-refractivity contribution < 1.29 is 27.8 Å². The summed E-state index contributed by atoms with van der Waals surface area (Å²) in [6.07, 6.45) is 5.10. The molecular weight excluding hydrogens is 491 g/mol. The third-order valence-electron chi connectivity index (χ3n) is 7.56. The molecule has 1 N–H and O–H groups in total. The number of halogens is 3. The molecule has 3 aromatic rings. The van der Waals surface area contributed by atoms with Gasteiger partial charge in [0, 0.05) is 22.5 Å². The molecule has 1 unspecified atom stereocenters. The number of ether oxygens (including phenoxy) is 2. The van der Waals surface area contributed by atoms with Gasteiger partial charge in [-0.15, -0.1) is 0 Å². The fourth-order valence-corrected chi connectivity index (χ4v) is 5.57. The Hall–Kier alpha value is -3.55. The summed E-state index contributed by atoms with van der Waals surface area (Å²) in [6, 6.07) is 15.2. The first kappa shape index (κ1) is 24.8. The van der Waals surface area contributed by atoms with E-state index in [4.69, 9.17) is 9.47 Å². The summed E-state index contributed by atoms with van der Waals surface area (Å²) in [5, 5.41) is 11.6. The largest absolute Gasteiger partial charge is 0.507 e. The van der Waals surface area contributed by atoms with E-state index in [1.54, 1.807) is 12.1 Å². The molecule has 0 aromatic heterocycles. The molecule has 38 heavy (non-hydrogen) atoms. The predicted octanol–water partition coefficient (Wildman–Crippen LogP) is 5.29. The van der Waals surface area contributed by atoms with Gasteiger partial charge in [0.25, 0.3) is 0 Å². The topological polar surface area (TPSA) is 41.9 Å². The van der Waals surface area contributed by atoms with Gasteiger partial charge >= 0.3 is 0 Å². The Bertz CT molecular complexity index is 1630. The van der Waals surface area contributed by atoms with Gasteiger partial charge in [-0.3, -0.25) is 4.90 Å². The summed E-state index contributed by atoms with van der Waals surface area (Å²) in [4.78, 5) is 2.42. The van der Waals surface area contributed by atoms with Crippen LogP contribution in [0.2, 0.25) is 0 Å². The summed E-state index contributed by atoms with van der Waals surface area (Å²) >= 11 is 0. The average molecular weight is 520 g/mol. The van der Waals surface area contributed by atoms with Crippen LogP contribution in [0.5, 0.6) is 11.5 Å². The minimum atomic E-state index is -1.58. The van der Waals surface area contributed by atoms with Crippen molar-refractivity contribution >= 4 is 17.7 Å².